The van der Waals surface area contributed by atoms with Crippen LogP contribution < -0.4 is 9.64 Å². The minimum absolute atomic E-state index is 0.171. The molecule has 6 nitrogen and oxygen atoms in total. The van der Waals surface area contributed by atoms with E-state index >= 15 is 0 Å². The number of allylic oxidation sites excluding steroid dienone is 3. The van der Waals surface area contributed by atoms with Crippen LogP contribution in [0.1, 0.15) is 36.8 Å². The molecule has 0 N–H and O–H groups in total. The third-order valence-corrected chi connectivity index (χ3v) is 11.7. The van der Waals surface area contributed by atoms with Crippen LogP contribution in [0.3, 0.4) is 0 Å². The lowest BCUT2D eigenvalue weighted by Gasteiger charge is -2.37. The zero-order valence-electron chi connectivity index (χ0n) is 26.6. The molecule has 0 saturated carbocycles. The highest BCUT2D eigenvalue weighted by Crippen LogP contribution is 2.50. The van der Waals surface area contributed by atoms with E-state index in [0.29, 0.717) is 23.9 Å². The van der Waals surface area contributed by atoms with Gasteiger partial charge in [-0.25, -0.2) is 8.42 Å². The van der Waals surface area contributed by atoms with Crippen molar-refractivity contribution >= 4 is 32.8 Å². The van der Waals surface area contributed by atoms with Gasteiger partial charge < -0.3 is 9.64 Å². The molecule has 2 heterocycles. The van der Waals surface area contributed by atoms with Crippen molar-refractivity contribution in [3.05, 3.63) is 138 Å². The number of para-hydroxylation sites is 2. The van der Waals surface area contributed by atoms with E-state index in [9.17, 15) is 8.42 Å². The first-order valence-electron chi connectivity index (χ1n) is 16.1. The molecule has 1 fully saturated rings. The number of nitrogens with zero attached hydrogens (tertiary/aromatic N) is 3. The van der Waals surface area contributed by atoms with E-state index < -0.39 is 10.0 Å². The number of benzene rings is 4. The van der Waals surface area contributed by atoms with Crippen molar-refractivity contribution in [1.29, 1.82) is 0 Å². The highest BCUT2D eigenvalue weighted by Gasteiger charge is 2.41. The molecule has 2 aliphatic heterocycles. The summed E-state index contributed by atoms with van der Waals surface area (Å²) < 4.78 is 39.1. The number of hydrogen-bond donors (Lipinski definition) is 0. The van der Waals surface area contributed by atoms with E-state index in [1.165, 1.54) is 0 Å². The van der Waals surface area contributed by atoms with Gasteiger partial charge in [0.05, 0.1) is 4.90 Å². The van der Waals surface area contributed by atoms with E-state index in [2.05, 4.69) is 84.1 Å². The molecule has 2 unspecified atom stereocenters. The lowest BCUT2D eigenvalue weighted by molar-refractivity contribution is -0.403. The third kappa shape index (κ3) is 5.59. The Bertz CT molecular complexity index is 1940. The minimum Gasteiger partial charge on any atom is -0.460 e. The fourth-order valence-corrected chi connectivity index (χ4v) is 8.58. The molecule has 0 spiro atoms. The molecule has 1 aliphatic carbocycles. The molecule has 0 aromatic heterocycles. The highest BCUT2D eigenvalue weighted by atomic mass is 32.2. The molecule has 3 aliphatic rings. The van der Waals surface area contributed by atoms with E-state index in [1.807, 2.05) is 61.6 Å². The Labute approximate surface area is 272 Å². The van der Waals surface area contributed by atoms with Gasteiger partial charge in [0, 0.05) is 79.3 Å². The van der Waals surface area contributed by atoms with Crippen LogP contribution in [0.15, 0.2) is 132 Å². The molecule has 0 radical (unpaired) electrons. The lowest BCUT2D eigenvalue weighted by atomic mass is 9.75. The van der Waals surface area contributed by atoms with E-state index in [0.717, 1.165) is 58.3 Å². The number of piperidine rings is 1. The number of sulfonamides is 1. The van der Waals surface area contributed by atoms with Crippen molar-refractivity contribution in [3.63, 3.8) is 0 Å². The van der Waals surface area contributed by atoms with Gasteiger partial charge in [-0.2, -0.15) is 8.88 Å². The first kappa shape index (κ1) is 30.2. The Morgan fingerprint density at radius 3 is 2.24 bits per heavy atom. The lowest BCUT2D eigenvalue weighted by Crippen LogP contribution is -2.38. The Balaban J connectivity index is 1.36. The van der Waals surface area contributed by atoms with Crippen LogP contribution in [-0.4, -0.2) is 50.2 Å². The molecule has 0 bridgehead atoms. The fraction of sp³-hybridized carbons (Fsp3) is 0.256. The van der Waals surface area contributed by atoms with Crippen LogP contribution in [0.2, 0.25) is 0 Å². The van der Waals surface area contributed by atoms with Gasteiger partial charge in [0.25, 0.3) is 0 Å². The monoisotopic (exact) mass is 630 g/mol. The van der Waals surface area contributed by atoms with Crippen molar-refractivity contribution in [2.24, 2.45) is 11.8 Å². The van der Waals surface area contributed by atoms with Crippen LogP contribution in [-0.2, 0) is 10.0 Å². The van der Waals surface area contributed by atoms with Crippen LogP contribution in [0.5, 0.6) is 5.75 Å². The highest BCUT2D eigenvalue weighted by molar-refractivity contribution is 7.89. The Hall–Kier alpha value is -4.46. The van der Waals surface area contributed by atoms with Gasteiger partial charge in [-0.05, 0) is 48.6 Å². The maximum atomic E-state index is 14.3. The minimum atomic E-state index is -3.70. The summed E-state index contributed by atoms with van der Waals surface area (Å²) in [5.41, 5.74) is 5.91. The van der Waals surface area contributed by atoms with Gasteiger partial charge >= 0.3 is 0 Å². The van der Waals surface area contributed by atoms with Gasteiger partial charge in [0.1, 0.15) is 18.6 Å². The van der Waals surface area contributed by atoms with Crippen LogP contribution in [0.4, 0.5) is 17.1 Å². The average molecular weight is 631 g/mol. The van der Waals surface area contributed by atoms with Crippen molar-refractivity contribution in [2.75, 3.05) is 32.1 Å². The number of hydrogen-bond acceptors (Lipinski definition) is 4. The molecular weight excluding hydrogens is 591 g/mol. The maximum absolute atomic E-state index is 14.3. The summed E-state index contributed by atoms with van der Waals surface area (Å²) in [5.74, 6) is 1.66. The predicted octanol–water partition coefficient (Wildman–Crippen LogP) is 7.88. The van der Waals surface area contributed by atoms with Gasteiger partial charge in [-0.1, -0.05) is 73.7 Å². The Morgan fingerprint density at radius 1 is 0.826 bits per heavy atom. The molecular formula is C39H40N3O3S+. The van der Waals surface area contributed by atoms with Crippen molar-refractivity contribution in [1.82, 2.24) is 4.31 Å². The zero-order chi connectivity index (χ0) is 31.8. The molecule has 234 valence electrons. The first-order valence-corrected chi connectivity index (χ1v) is 17.5. The summed E-state index contributed by atoms with van der Waals surface area (Å²) in [7, 11) is 0.401. The average Bonchev–Trinajstić information content (AvgIpc) is 3.10. The van der Waals surface area contributed by atoms with Gasteiger partial charge in [-0.15, -0.1) is 0 Å². The fourth-order valence-electron chi connectivity index (χ4n) is 6.87. The van der Waals surface area contributed by atoms with Crippen molar-refractivity contribution < 1.29 is 17.7 Å². The standard InChI is InChI=1S/C39H40N3O3S/c1-28-22-24-42(25-23-28)46(43,44)38-17-11-10-16-35(38)39-33-20-18-31(40(2)29-12-6-4-7-13-29)26-36(33)45-37-27-32(19-21-34(37)39)41(3)30-14-8-5-9-15-30/h4-21,26-28,33,39H,22-25H2,1-3H3/q+1/b40-31+. The topological polar surface area (TPSA) is 52.9 Å². The zero-order valence-corrected chi connectivity index (χ0v) is 27.4. The summed E-state index contributed by atoms with van der Waals surface area (Å²) in [6.45, 7) is 3.30. The third-order valence-electron chi connectivity index (χ3n) is 9.69. The van der Waals surface area contributed by atoms with Crippen LogP contribution >= 0.6 is 0 Å². The molecule has 0 amide bonds. The number of rotatable bonds is 6. The molecule has 46 heavy (non-hydrogen) atoms. The van der Waals surface area contributed by atoms with Crippen LogP contribution in [0.25, 0.3) is 0 Å². The molecule has 2 atom stereocenters. The molecule has 7 rings (SSSR count). The maximum Gasteiger partial charge on any atom is 0.243 e. The second kappa shape index (κ2) is 12.4. The largest absolute Gasteiger partial charge is 0.460 e. The Morgan fingerprint density at radius 2 is 1.50 bits per heavy atom. The summed E-state index contributed by atoms with van der Waals surface area (Å²) in [6.07, 6.45) is 8.16. The second-order valence-electron chi connectivity index (χ2n) is 12.6. The van der Waals surface area contributed by atoms with Crippen LogP contribution in [0, 0.1) is 11.8 Å². The molecule has 1 saturated heterocycles. The Kier molecular flexibility index (Phi) is 8.13. The van der Waals surface area contributed by atoms with E-state index in [4.69, 9.17) is 4.74 Å². The SMILES string of the molecule is CC1CCN(S(=O)(=O)c2ccccc2C2c3ccc(N(C)c4ccccc4)cc3OC3=C/C(=[N+](\C)c4ccccc4)C=CC32)CC1. The molecule has 4 aromatic carbocycles. The van der Waals surface area contributed by atoms with E-state index in [-0.39, 0.29) is 11.8 Å². The number of anilines is 2. The summed E-state index contributed by atoms with van der Waals surface area (Å²) >= 11 is 0. The summed E-state index contributed by atoms with van der Waals surface area (Å²) in [4.78, 5) is 2.52. The first-order chi connectivity index (χ1) is 22.3. The van der Waals surface area contributed by atoms with Gasteiger partial charge in [-0.3, -0.25) is 0 Å². The molecule has 7 heteroatoms. The van der Waals surface area contributed by atoms with E-state index in [1.54, 1.807) is 10.4 Å². The summed E-state index contributed by atoms with van der Waals surface area (Å²) in [6, 6.07) is 34.3. The normalized spacial score (nSPS) is 21.1. The number of fused-ring (bicyclic) bond motifs is 2. The van der Waals surface area contributed by atoms with Gasteiger partial charge in [0.15, 0.2) is 0 Å². The smallest absolute Gasteiger partial charge is 0.243 e. The van der Waals surface area contributed by atoms with Gasteiger partial charge in [0.2, 0.25) is 21.4 Å². The number of ether oxygens (including phenoxy) is 1. The quantitative estimate of drug-likeness (QED) is 0.204. The molecule has 4 aromatic rings. The summed E-state index contributed by atoms with van der Waals surface area (Å²) in [5, 5.41) is 0. The predicted molar refractivity (Wildman–Crippen MR) is 185 cm³/mol. The second-order valence-corrected chi connectivity index (χ2v) is 14.5. The van der Waals surface area contributed by atoms with Crippen molar-refractivity contribution in [3.8, 4) is 5.75 Å². The van der Waals surface area contributed by atoms with Crippen molar-refractivity contribution in [2.45, 2.75) is 30.6 Å².